The number of allylic oxidation sites excluding steroid dienone is 4. The Morgan fingerprint density at radius 3 is 2.39 bits per heavy atom. The number of phenolic OH excluding ortho intramolecular Hbond substituents is 1. The van der Waals surface area contributed by atoms with Crippen LogP contribution in [0, 0.1) is 0 Å². The molecule has 1 atom stereocenters. The molecular weight excluding hydrogens is 539 g/mol. The van der Waals surface area contributed by atoms with E-state index in [-0.39, 0.29) is 24.1 Å². The number of carbonyl (C=O) groups excluding carboxylic acids is 1. The van der Waals surface area contributed by atoms with Crippen molar-refractivity contribution in [1.82, 2.24) is 4.90 Å². The lowest BCUT2D eigenvalue weighted by atomic mass is 10.00. The van der Waals surface area contributed by atoms with E-state index in [1.54, 1.807) is 24.3 Å². The van der Waals surface area contributed by atoms with Crippen molar-refractivity contribution in [2.24, 2.45) is 0 Å². The maximum Gasteiger partial charge on any atom is 0.227 e. The minimum Gasteiger partial charge on any atom is -0.507 e. The van der Waals surface area contributed by atoms with Crippen molar-refractivity contribution >= 4 is 52.0 Å². The molecule has 3 aromatic rings. The molecule has 38 heavy (non-hydrogen) atoms. The molecule has 1 heterocycles. The van der Waals surface area contributed by atoms with Crippen LogP contribution in [-0.2, 0) is 4.79 Å². The summed E-state index contributed by atoms with van der Waals surface area (Å²) in [6.07, 6.45) is 5.71. The molecule has 0 aliphatic carbocycles. The molecule has 196 valence electrons. The summed E-state index contributed by atoms with van der Waals surface area (Å²) >= 11 is 18.9. The summed E-state index contributed by atoms with van der Waals surface area (Å²) in [5, 5.41) is 11.9. The quantitative estimate of drug-likeness (QED) is 0.292. The summed E-state index contributed by atoms with van der Waals surface area (Å²) in [4.78, 5) is 17.5. The number of amides is 1. The average molecular weight is 568 g/mol. The molecular formula is C31H29Cl3N2O2. The topological polar surface area (TPSA) is 43.8 Å². The van der Waals surface area contributed by atoms with Crippen LogP contribution in [0.3, 0.4) is 0 Å². The second-order valence-electron chi connectivity index (χ2n) is 9.19. The summed E-state index contributed by atoms with van der Waals surface area (Å²) in [7, 11) is 0. The highest BCUT2D eigenvalue weighted by Crippen LogP contribution is 2.37. The number of para-hydroxylation sites is 1. The molecule has 7 heteroatoms. The highest BCUT2D eigenvalue weighted by molar-refractivity contribution is 6.36. The third kappa shape index (κ3) is 6.63. The number of anilines is 1. The number of phenols is 1. The smallest absolute Gasteiger partial charge is 0.227 e. The van der Waals surface area contributed by atoms with Crippen molar-refractivity contribution in [2.45, 2.75) is 19.4 Å². The molecule has 1 aliphatic rings. The van der Waals surface area contributed by atoms with Gasteiger partial charge in [-0.25, -0.2) is 0 Å². The third-order valence-corrected chi connectivity index (χ3v) is 7.49. The van der Waals surface area contributed by atoms with Gasteiger partial charge in [0, 0.05) is 35.2 Å². The van der Waals surface area contributed by atoms with Gasteiger partial charge >= 0.3 is 0 Å². The minimum absolute atomic E-state index is 0.0191. The van der Waals surface area contributed by atoms with E-state index in [0.717, 1.165) is 28.0 Å². The Kier molecular flexibility index (Phi) is 9.22. The van der Waals surface area contributed by atoms with Crippen LogP contribution in [0.15, 0.2) is 97.1 Å². The molecule has 1 N–H and O–H groups in total. The van der Waals surface area contributed by atoms with Gasteiger partial charge in [0.05, 0.1) is 23.2 Å². The van der Waals surface area contributed by atoms with Crippen LogP contribution in [0.1, 0.15) is 30.5 Å². The Hall–Kier alpha value is -3.18. The lowest BCUT2D eigenvalue weighted by Gasteiger charge is -2.43. The largest absolute Gasteiger partial charge is 0.507 e. The van der Waals surface area contributed by atoms with Gasteiger partial charge in [0.1, 0.15) is 5.75 Å². The van der Waals surface area contributed by atoms with Gasteiger partial charge in [0.15, 0.2) is 0 Å². The number of piperazine rings is 1. The molecule has 0 radical (unpaired) electrons. The second-order valence-corrected chi connectivity index (χ2v) is 10.5. The normalized spacial score (nSPS) is 16.5. The number of rotatable bonds is 7. The van der Waals surface area contributed by atoms with E-state index in [0.29, 0.717) is 34.7 Å². The Morgan fingerprint density at radius 1 is 1.00 bits per heavy atom. The maximum absolute atomic E-state index is 13.4. The number of benzene rings is 3. The highest BCUT2D eigenvalue weighted by atomic mass is 35.5. The summed E-state index contributed by atoms with van der Waals surface area (Å²) in [6.45, 7) is 7.49. The molecule has 0 saturated carbocycles. The van der Waals surface area contributed by atoms with Gasteiger partial charge in [-0.15, -0.1) is 0 Å². The van der Waals surface area contributed by atoms with Crippen LogP contribution in [0.2, 0.25) is 15.1 Å². The van der Waals surface area contributed by atoms with Gasteiger partial charge in [0.25, 0.3) is 0 Å². The SMILES string of the molecule is C=C/C(=C\C=C(/C)c1ccccc1O)CC(=O)N1CCN(c2ccc(Cl)cc2Cl)C(c2ccc(Cl)cc2)C1. The molecule has 1 saturated heterocycles. The van der Waals surface area contributed by atoms with Gasteiger partial charge in [-0.1, -0.05) is 89.9 Å². The number of hydrogen-bond acceptors (Lipinski definition) is 3. The molecule has 0 aromatic heterocycles. The lowest BCUT2D eigenvalue weighted by Crippen LogP contribution is -2.50. The zero-order valence-corrected chi connectivity index (χ0v) is 23.3. The molecule has 1 fully saturated rings. The van der Waals surface area contributed by atoms with Gasteiger partial charge < -0.3 is 14.9 Å². The lowest BCUT2D eigenvalue weighted by molar-refractivity contribution is -0.131. The van der Waals surface area contributed by atoms with E-state index in [1.807, 2.05) is 72.5 Å². The first-order valence-electron chi connectivity index (χ1n) is 12.3. The summed E-state index contributed by atoms with van der Waals surface area (Å²) in [5.41, 5.74) is 4.36. The molecule has 4 nitrogen and oxygen atoms in total. The second kappa shape index (κ2) is 12.6. The summed E-state index contributed by atoms with van der Waals surface area (Å²) in [5.74, 6) is 0.239. The van der Waals surface area contributed by atoms with Crippen LogP contribution >= 0.6 is 34.8 Å². The van der Waals surface area contributed by atoms with E-state index >= 15 is 0 Å². The van der Waals surface area contributed by atoms with Crippen molar-refractivity contribution in [3.63, 3.8) is 0 Å². The van der Waals surface area contributed by atoms with Crippen LogP contribution in [-0.4, -0.2) is 35.5 Å². The number of nitrogens with zero attached hydrogens (tertiary/aromatic N) is 2. The monoisotopic (exact) mass is 566 g/mol. The van der Waals surface area contributed by atoms with E-state index < -0.39 is 0 Å². The first-order chi connectivity index (χ1) is 18.3. The van der Waals surface area contributed by atoms with Gasteiger partial charge in [-0.3, -0.25) is 4.79 Å². The zero-order chi connectivity index (χ0) is 27.2. The van der Waals surface area contributed by atoms with E-state index in [2.05, 4.69) is 11.5 Å². The van der Waals surface area contributed by atoms with Crippen molar-refractivity contribution in [2.75, 3.05) is 24.5 Å². The molecule has 1 amide bonds. The molecule has 0 spiro atoms. The standard InChI is InChI=1S/C31H29Cl3N2O2/c1-3-22(9-8-21(2)26-6-4-5-7-30(26)37)18-31(38)35-16-17-36(28-15-14-25(33)19-27(28)34)29(20-35)23-10-12-24(32)13-11-23/h3-15,19,29,37H,1,16-18,20H2,2H3/b21-8+,22-9+. The number of carbonyl (C=O) groups is 1. The summed E-state index contributed by atoms with van der Waals surface area (Å²) in [6, 6.07) is 20.2. The average Bonchev–Trinajstić information content (AvgIpc) is 2.91. The van der Waals surface area contributed by atoms with Crippen LogP contribution in [0.25, 0.3) is 5.57 Å². The fourth-order valence-corrected chi connectivity index (χ4v) is 5.24. The third-order valence-electron chi connectivity index (χ3n) is 6.70. The molecule has 1 aliphatic heterocycles. The van der Waals surface area contributed by atoms with Crippen molar-refractivity contribution in [3.8, 4) is 5.75 Å². The van der Waals surface area contributed by atoms with E-state index in [9.17, 15) is 9.90 Å². The first-order valence-corrected chi connectivity index (χ1v) is 13.4. The zero-order valence-electron chi connectivity index (χ0n) is 21.1. The minimum atomic E-state index is -0.108. The fraction of sp³-hybridized carbons (Fsp3) is 0.194. The highest BCUT2D eigenvalue weighted by Gasteiger charge is 2.32. The Bertz CT molecular complexity index is 1380. The summed E-state index contributed by atoms with van der Waals surface area (Å²) < 4.78 is 0. The van der Waals surface area contributed by atoms with Crippen LogP contribution < -0.4 is 4.90 Å². The Balaban J connectivity index is 1.54. The molecule has 0 bridgehead atoms. The predicted molar refractivity (Wildman–Crippen MR) is 159 cm³/mol. The van der Waals surface area contributed by atoms with Gasteiger partial charge in [-0.05, 0) is 60.0 Å². The Labute approximate surface area is 239 Å². The molecule has 3 aromatic carbocycles. The van der Waals surface area contributed by atoms with Crippen LogP contribution in [0.5, 0.6) is 5.75 Å². The van der Waals surface area contributed by atoms with Crippen molar-refractivity contribution < 1.29 is 9.90 Å². The maximum atomic E-state index is 13.4. The number of hydrogen-bond donors (Lipinski definition) is 1. The van der Waals surface area contributed by atoms with Crippen LogP contribution in [0.4, 0.5) is 5.69 Å². The fourth-order valence-electron chi connectivity index (χ4n) is 4.60. The van der Waals surface area contributed by atoms with E-state index in [1.165, 1.54) is 0 Å². The predicted octanol–water partition coefficient (Wildman–Crippen LogP) is 8.35. The van der Waals surface area contributed by atoms with Crippen molar-refractivity contribution in [1.29, 1.82) is 0 Å². The van der Waals surface area contributed by atoms with Crippen molar-refractivity contribution in [3.05, 3.63) is 123 Å². The van der Waals surface area contributed by atoms with Gasteiger partial charge in [0.2, 0.25) is 5.91 Å². The van der Waals surface area contributed by atoms with Gasteiger partial charge in [-0.2, -0.15) is 0 Å². The molecule has 4 rings (SSSR count). The number of aromatic hydroxyl groups is 1. The molecule has 1 unspecified atom stereocenters. The number of halogens is 3. The van der Waals surface area contributed by atoms with E-state index in [4.69, 9.17) is 34.8 Å². The Morgan fingerprint density at radius 2 is 1.71 bits per heavy atom. The first kappa shape index (κ1) is 27.8.